The van der Waals surface area contributed by atoms with E-state index >= 15 is 0 Å². The third-order valence-corrected chi connectivity index (χ3v) is 3.43. The maximum Gasteiger partial charge on any atom is 0.234 e. The highest BCUT2D eigenvalue weighted by molar-refractivity contribution is 7.98. The highest BCUT2D eigenvalue weighted by Gasteiger charge is 2.10. The zero-order valence-electron chi connectivity index (χ0n) is 9.92. The fourth-order valence-corrected chi connectivity index (χ4v) is 2.19. The van der Waals surface area contributed by atoms with Gasteiger partial charge in [-0.15, -0.1) is 11.8 Å². The first kappa shape index (κ1) is 12.3. The van der Waals surface area contributed by atoms with Gasteiger partial charge in [0.05, 0.1) is 6.20 Å². The summed E-state index contributed by atoms with van der Waals surface area (Å²) in [5, 5.41) is 7.45. The minimum absolute atomic E-state index is 0.118. The maximum atomic E-state index is 5.84. The molecule has 0 spiro atoms. The Bertz CT molecular complexity index is 713. The Morgan fingerprint density at radius 1 is 1.21 bits per heavy atom. The largest absolute Gasteiger partial charge is 0.438 e. The molecule has 0 atom stereocenters. The topological polar surface area (TPSA) is 63.7 Å². The van der Waals surface area contributed by atoms with Crippen molar-refractivity contribution >= 4 is 34.4 Å². The number of hydrogen-bond acceptors (Lipinski definition) is 5. The minimum atomic E-state index is 0.118. The van der Waals surface area contributed by atoms with E-state index in [2.05, 4.69) is 20.2 Å². The number of fused-ring (bicyclic) bond motifs is 1. The van der Waals surface area contributed by atoms with Crippen molar-refractivity contribution in [3.8, 4) is 11.6 Å². The molecule has 2 aromatic heterocycles. The number of nitrogens with one attached hydrogen (secondary N) is 1. The molecule has 19 heavy (non-hydrogen) atoms. The van der Waals surface area contributed by atoms with E-state index in [-0.39, 0.29) is 5.28 Å². The van der Waals surface area contributed by atoms with E-state index in [1.165, 1.54) is 4.90 Å². The summed E-state index contributed by atoms with van der Waals surface area (Å²) >= 11 is 7.51. The average molecular weight is 293 g/mol. The lowest BCUT2D eigenvalue weighted by molar-refractivity contribution is 0.468. The molecule has 0 fully saturated rings. The highest BCUT2D eigenvalue weighted by atomic mass is 35.5. The minimum Gasteiger partial charge on any atom is -0.438 e. The van der Waals surface area contributed by atoms with Crippen LogP contribution in [-0.2, 0) is 0 Å². The van der Waals surface area contributed by atoms with Gasteiger partial charge in [-0.25, -0.2) is 0 Å². The molecule has 2 heterocycles. The van der Waals surface area contributed by atoms with Crippen LogP contribution in [0.4, 0.5) is 0 Å². The molecule has 3 rings (SSSR count). The summed E-state index contributed by atoms with van der Waals surface area (Å²) < 4.78 is 5.73. The normalized spacial score (nSPS) is 10.8. The molecule has 0 aliphatic carbocycles. The fourth-order valence-electron chi connectivity index (χ4n) is 1.62. The van der Waals surface area contributed by atoms with Crippen LogP contribution in [-0.4, -0.2) is 26.4 Å². The fraction of sp³-hybridized carbons (Fsp3) is 0.0833. The molecule has 96 valence electrons. The molecule has 0 unspecified atom stereocenters. The second kappa shape index (κ2) is 5.07. The molecule has 5 nitrogen and oxygen atoms in total. The van der Waals surface area contributed by atoms with Crippen LogP contribution >= 0.6 is 23.4 Å². The summed E-state index contributed by atoms with van der Waals surface area (Å²) in [4.78, 5) is 9.26. The van der Waals surface area contributed by atoms with Crippen molar-refractivity contribution in [3.63, 3.8) is 0 Å². The number of H-pyrrole nitrogens is 1. The Labute approximate surface area is 118 Å². The first-order chi connectivity index (χ1) is 9.26. The SMILES string of the molecule is CSc1ccc(Oc2nc(Cl)nc3[nH]ncc23)cc1. The number of hydrogen-bond donors (Lipinski definition) is 1. The van der Waals surface area contributed by atoms with Gasteiger partial charge in [0.1, 0.15) is 11.1 Å². The van der Waals surface area contributed by atoms with Crippen LogP contribution in [0.3, 0.4) is 0 Å². The first-order valence-electron chi connectivity index (χ1n) is 5.45. The number of halogens is 1. The molecule has 0 aliphatic heterocycles. The molecule has 3 aromatic rings. The van der Waals surface area contributed by atoms with E-state index in [1.807, 2.05) is 30.5 Å². The van der Waals surface area contributed by atoms with Crippen molar-refractivity contribution in [2.75, 3.05) is 6.26 Å². The van der Waals surface area contributed by atoms with Crippen molar-refractivity contribution in [3.05, 3.63) is 35.7 Å². The molecule has 0 aliphatic rings. The predicted molar refractivity (Wildman–Crippen MR) is 75.0 cm³/mol. The maximum absolute atomic E-state index is 5.84. The van der Waals surface area contributed by atoms with Crippen molar-refractivity contribution in [1.82, 2.24) is 20.2 Å². The van der Waals surface area contributed by atoms with E-state index in [0.29, 0.717) is 22.7 Å². The Morgan fingerprint density at radius 2 is 2.00 bits per heavy atom. The molecule has 0 saturated carbocycles. The standard InChI is InChI=1S/C12H9ClN4OS/c1-19-8-4-2-7(3-5-8)18-11-9-6-14-17-10(9)15-12(13)16-11/h2-6H,1H3,(H,14,15,16,17). The number of rotatable bonds is 3. The van der Waals surface area contributed by atoms with Crippen molar-refractivity contribution in [2.24, 2.45) is 0 Å². The molecule has 1 N–H and O–H groups in total. The van der Waals surface area contributed by atoms with Gasteiger partial charge < -0.3 is 4.74 Å². The number of aromatic amines is 1. The van der Waals surface area contributed by atoms with Crippen molar-refractivity contribution < 1.29 is 4.74 Å². The molecule has 0 radical (unpaired) electrons. The Kier molecular flexibility index (Phi) is 3.27. The van der Waals surface area contributed by atoms with Gasteiger partial charge in [0.2, 0.25) is 11.2 Å². The second-order valence-corrected chi connectivity index (χ2v) is 4.93. The van der Waals surface area contributed by atoms with Gasteiger partial charge in [-0.3, -0.25) is 5.10 Å². The predicted octanol–water partition coefficient (Wildman–Crippen LogP) is 3.52. The summed E-state index contributed by atoms with van der Waals surface area (Å²) in [5.74, 6) is 1.08. The zero-order chi connectivity index (χ0) is 13.2. The van der Waals surface area contributed by atoms with Gasteiger partial charge in [0.25, 0.3) is 0 Å². The van der Waals surface area contributed by atoms with E-state index in [4.69, 9.17) is 16.3 Å². The van der Waals surface area contributed by atoms with Gasteiger partial charge in [-0.05, 0) is 42.1 Å². The Balaban J connectivity index is 1.97. The lowest BCUT2D eigenvalue weighted by Crippen LogP contribution is -1.91. The third-order valence-electron chi connectivity index (χ3n) is 2.52. The second-order valence-electron chi connectivity index (χ2n) is 3.71. The van der Waals surface area contributed by atoms with Crippen LogP contribution in [0.25, 0.3) is 11.0 Å². The van der Waals surface area contributed by atoms with Gasteiger partial charge >= 0.3 is 0 Å². The number of thioether (sulfide) groups is 1. The van der Waals surface area contributed by atoms with Crippen LogP contribution in [0, 0.1) is 0 Å². The summed E-state index contributed by atoms with van der Waals surface area (Å²) in [7, 11) is 0. The third kappa shape index (κ3) is 2.50. The van der Waals surface area contributed by atoms with E-state index in [9.17, 15) is 0 Å². The summed E-state index contributed by atoms with van der Waals surface area (Å²) in [6.07, 6.45) is 3.63. The molecule has 1 aromatic carbocycles. The number of benzene rings is 1. The lowest BCUT2D eigenvalue weighted by atomic mass is 10.3. The molecular weight excluding hydrogens is 284 g/mol. The Morgan fingerprint density at radius 3 is 2.74 bits per heavy atom. The lowest BCUT2D eigenvalue weighted by Gasteiger charge is -2.06. The zero-order valence-corrected chi connectivity index (χ0v) is 11.5. The van der Waals surface area contributed by atoms with Gasteiger partial charge in [-0.2, -0.15) is 15.1 Å². The average Bonchev–Trinajstić information content (AvgIpc) is 2.88. The number of aromatic nitrogens is 4. The molecule has 7 heteroatoms. The van der Waals surface area contributed by atoms with Crippen LogP contribution in [0.2, 0.25) is 5.28 Å². The van der Waals surface area contributed by atoms with Crippen molar-refractivity contribution in [2.45, 2.75) is 4.90 Å². The van der Waals surface area contributed by atoms with Gasteiger partial charge in [0.15, 0.2) is 5.65 Å². The van der Waals surface area contributed by atoms with Crippen molar-refractivity contribution in [1.29, 1.82) is 0 Å². The van der Waals surface area contributed by atoms with Crippen LogP contribution < -0.4 is 4.74 Å². The smallest absolute Gasteiger partial charge is 0.234 e. The van der Waals surface area contributed by atoms with Crippen LogP contribution in [0.5, 0.6) is 11.6 Å². The molecular formula is C12H9ClN4OS. The molecule has 0 bridgehead atoms. The first-order valence-corrected chi connectivity index (χ1v) is 7.05. The summed E-state index contributed by atoms with van der Waals surface area (Å²) in [6.45, 7) is 0. The number of ether oxygens (including phenoxy) is 1. The van der Waals surface area contributed by atoms with Gasteiger partial charge in [0, 0.05) is 4.90 Å². The van der Waals surface area contributed by atoms with Crippen LogP contribution in [0.1, 0.15) is 0 Å². The number of nitrogens with zero attached hydrogens (tertiary/aromatic N) is 3. The Hall–Kier alpha value is -1.79. The monoisotopic (exact) mass is 292 g/mol. The molecule has 0 saturated heterocycles. The van der Waals surface area contributed by atoms with E-state index in [0.717, 1.165) is 0 Å². The highest BCUT2D eigenvalue weighted by Crippen LogP contribution is 2.28. The summed E-state index contributed by atoms with van der Waals surface area (Å²) in [5.41, 5.74) is 0.552. The quantitative estimate of drug-likeness (QED) is 0.591. The van der Waals surface area contributed by atoms with E-state index in [1.54, 1.807) is 18.0 Å². The van der Waals surface area contributed by atoms with Crippen LogP contribution in [0.15, 0.2) is 35.4 Å². The van der Waals surface area contributed by atoms with Gasteiger partial charge in [-0.1, -0.05) is 0 Å². The molecule has 0 amide bonds. The summed E-state index contributed by atoms with van der Waals surface area (Å²) in [6, 6.07) is 7.73. The van der Waals surface area contributed by atoms with E-state index < -0.39 is 0 Å².